The van der Waals surface area contributed by atoms with Gasteiger partial charge in [0.05, 0.1) is 10.9 Å². The summed E-state index contributed by atoms with van der Waals surface area (Å²) >= 11 is 1.60. The van der Waals surface area contributed by atoms with E-state index in [4.69, 9.17) is 0 Å². The Labute approximate surface area is 135 Å². The van der Waals surface area contributed by atoms with Crippen LogP contribution >= 0.6 is 11.3 Å². The Hall–Kier alpha value is -1.43. The van der Waals surface area contributed by atoms with Crippen LogP contribution in [0.25, 0.3) is 0 Å². The average molecular weight is 324 g/mol. The van der Waals surface area contributed by atoms with E-state index in [1.807, 2.05) is 24.1 Å². The van der Waals surface area contributed by atoms with E-state index in [2.05, 4.69) is 4.98 Å². The highest BCUT2D eigenvalue weighted by Gasteiger charge is 2.33. The van der Waals surface area contributed by atoms with Gasteiger partial charge < -0.3 is 10.0 Å². The van der Waals surface area contributed by atoms with Gasteiger partial charge in [0.2, 0.25) is 5.91 Å². The highest BCUT2D eigenvalue weighted by Crippen LogP contribution is 2.31. The lowest BCUT2D eigenvalue weighted by molar-refractivity contribution is -0.146. The summed E-state index contributed by atoms with van der Waals surface area (Å²) in [6.45, 7) is 4.67. The van der Waals surface area contributed by atoms with Gasteiger partial charge in [0.25, 0.3) is 0 Å². The molecule has 0 spiro atoms. The topological polar surface area (TPSA) is 70.5 Å². The molecule has 1 aromatic rings. The predicted molar refractivity (Wildman–Crippen MR) is 85.8 cm³/mol. The van der Waals surface area contributed by atoms with E-state index in [1.54, 1.807) is 17.5 Å². The van der Waals surface area contributed by atoms with Crippen molar-refractivity contribution in [2.24, 2.45) is 11.8 Å². The van der Waals surface area contributed by atoms with Gasteiger partial charge >= 0.3 is 5.97 Å². The molecule has 1 heterocycles. The lowest BCUT2D eigenvalue weighted by Gasteiger charge is -2.33. The van der Waals surface area contributed by atoms with Crippen LogP contribution in [-0.2, 0) is 16.0 Å². The Morgan fingerprint density at radius 3 is 2.73 bits per heavy atom. The van der Waals surface area contributed by atoms with E-state index in [9.17, 15) is 14.7 Å². The predicted octanol–water partition coefficient (Wildman–Crippen LogP) is 2.81. The van der Waals surface area contributed by atoms with Crippen LogP contribution in [0.3, 0.4) is 0 Å². The Bertz CT molecular complexity index is 501. The van der Waals surface area contributed by atoms with Gasteiger partial charge in [0.1, 0.15) is 0 Å². The maximum absolute atomic E-state index is 12.8. The molecular weight excluding hydrogens is 300 g/mol. The highest BCUT2D eigenvalue weighted by atomic mass is 32.1. The molecule has 1 aliphatic carbocycles. The van der Waals surface area contributed by atoms with Crippen LogP contribution in [0, 0.1) is 11.8 Å². The van der Waals surface area contributed by atoms with E-state index < -0.39 is 5.97 Å². The Kier molecular flexibility index (Phi) is 5.94. The molecule has 0 saturated heterocycles. The summed E-state index contributed by atoms with van der Waals surface area (Å²) in [4.78, 5) is 30.1. The van der Waals surface area contributed by atoms with Crippen LogP contribution in [0.2, 0.25) is 0 Å². The number of aliphatic carboxylic acids is 1. The summed E-state index contributed by atoms with van der Waals surface area (Å²) in [7, 11) is 0. The van der Waals surface area contributed by atoms with Gasteiger partial charge in [-0.15, -0.1) is 11.3 Å². The minimum atomic E-state index is -0.767. The van der Waals surface area contributed by atoms with Gasteiger partial charge in [-0.1, -0.05) is 6.42 Å². The van der Waals surface area contributed by atoms with Crippen molar-refractivity contribution in [1.82, 2.24) is 9.88 Å². The fourth-order valence-electron chi connectivity index (χ4n) is 3.09. The molecule has 0 aliphatic heterocycles. The van der Waals surface area contributed by atoms with E-state index in [0.717, 1.165) is 24.3 Å². The number of aromatic nitrogens is 1. The molecule has 2 atom stereocenters. The summed E-state index contributed by atoms with van der Waals surface area (Å²) in [6.07, 6.45) is 5.35. The van der Waals surface area contributed by atoms with Crippen LogP contribution in [0.15, 0.2) is 11.6 Å². The normalized spacial score (nSPS) is 21.8. The molecule has 6 heteroatoms. The number of hydrogen-bond donors (Lipinski definition) is 1. The molecule has 1 aliphatic rings. The molecule has 5 nitrogen and oxygen atoms in total. The van der Waals surface area contributed by atoms with Crippen molar-refractivity contribution in [3.8, 4) is 0 Å². The summed E-state index contributed by atoms with van der Waals surface area (Å²) in [6, 6.07) is 0.123. The van der Waals surface area contributed by atoms with Crippen LogP contribution in [-0.4, -0.2) is 39.5 Å². The van der Waals surface area contributed by atoms with Gasteiger partial charge in [-0.3, -0.25) is 9.59 Å². The molecule has 1 fully saturated rings. The van der Waals surface area contributed by atoms with Crippen LogP contribution in [0.1, 0.15) is 44.5 Å². The number of thiazole rings is 1. The average Bonchev–Trinajstić information content (AvgIpc) is 3.00. The van der Waals surface area contributed by atoms with Gasteiger partial charge in [0, 0.05) is 36.5 Å². The number of carbonyl (C=O) groups excluding carboxylic acids is 1. The minimum absolute atomic E-state index is 0.109. The second kappa shape index (κ2) is 7.72. The first kappa shape index (κ1) is 16.9. The van der Waals surface area contributed by atoms with Crippen LogP contribution in [0.4, 0.5) is 0 Å². The fraction of sp³-hybridized carbons (Fsp3) is 0.688. The molecule has 22 heavy (non-hydrogen) atoms. The van der Waals surface area contributed by atoms with Crippen molar-refractivity contribution in [1.29, 1.82) is 0 Å². The standard InChI is InChI=1S/C16H24N2O3S/c1-11(2)18(8-6-14-17-7-9-22-14)15(19)12-4-3-5-13(10-12)16(20)21/h7,9,11-13H,3-6,8,10H2,1-2H3,(H,20,21). The van der Waals surface area contributed by atoms with Gasteiger partial charge in [-0.05, 0) is 33.1 Å². The van der Waals surface area contributed by atoms with Gasteiger partial charge in [-0.2, -0.15) is 0 Å². The highest BCUT2D eigenvalue weighted by molar-refractivity contribution is 7.09. The number of hydrogen-bond acceptors (Lipinski definition) is 4. The van der Waals surface area contributed by atoms with Crippen molar-refractivity contribution < 1.29 is 14.7 Å². The number of carboxylic acid groups (broad SMARTS) is 1. The first-order valence-electron chi connectivity index (χ1n) is 7.90. The monoisotopic (exact) mass is 324 g/mol. The molecule has 122 valence electrons. The van der Waals surface area contributed by atoms with Crippen LogP contribution < -0.4 is 0 Å². The molecule has 1 aromatic heterocycles. The molecular formula is C16H24N2O3S. The van der Waals surface area contributed by atoms with Crippen molar-refractivity contribution in [3.05, 3.63) is 16.6 Å². The van der Waals surface area contributed by atoms with E-state index in [1.165, 1.54) is 0 Å². The van der Waals surface area contributed by atoms with E-state index >= 15 is 0 Å². The van der Waals surface area contributed by atoms with Crippen molar-refractivity contribution in [2.45, 2.75) is 52.0 Å². The van der Waals surface area contributed by atoms with Crippen molar-refractivity contribution in [2.75, 3.05) is 6.54 Å². The van der Waals surface area contributed by atoms with Crippen molar-refractivity contribution >= 4 is 23.2 Å². The molecule has 0 bridgehead atoms. The second-order valence-corrected chi connectivity index (χ2v) is 7.18. The molecule has 0 aromatic carbocycles. The molecule has 1 amide bonds. The summed E-state index contributed by atoms with van der Waals surface area (Å²) in [5.41, 5.74) is 0. The summed E-state index contributed by atoms with van der Waals surface area (Å²) in [5, 5.41) is 12.2. The quantitative estimate of drug-likeness (QED) is 0.873. The number of nitrogens with zero attached hydrogens (tertiary/aromatic N) is 2. The zero-order valence-electron chi connectivity index (χ0n) is 13.2. The first-order chi connectivity index (χ1) is 10.5. The SMILES string of the molecule is CC(C)N(CCc1nccs1)C(=O)C1CCCC(C(=O)O)C1. The Morgan fingerprint density at radius 2 is 2.14 bits per heavy atom. The molecule has 2 unspecified atom stereocenters. The largest absolute Gasteiger partial charge is 0.481 e. The zero-order chi connectivity index (χ0) is 16.1. The second-order valence-electron chi connectivity index (χ2n) is 6.20. The molecule has 0 radical (unpaired) electrons. The smallest absolute Gasteiger partial charge is 0.306 e. The minimum Gasteiger partial charge on any atom is -0.481 e. The number of carboxylic acids is 1. The van der Waals surface area contributed by atoms with Crippen molar-refractivity contribution in [3.63, 3.8) is 0 Å². The summed E-state index contributed by atoms with van der Waals surface area (Å²) < 4.78 is 0. The van der Waals surface area contributed by atoms with Gasteiger partial charge in [0.15, 0.2) is 0 Å². The Morgan fingerprint density at radius 1 is 1.41 bits per heavy atom. The zero-order valence-corrected chi connectivity index (χ0v) is 14.0. The molecule has 1 saturated carbocycles. The molecule has 1 N–H and O–H groups in total. The number of carbonyl (C=O) groups is 2. The number of rotatable bonds is 6. The molecule has 2 rings (SSSR count). The lowest BCUT2D eigenvalue weighted by Crippen LogP contribution is -2.43. The first-order valence-corrected chi connectivity index (χ1v) is 8.78. The maximum Gasteiger partial charge on any atom is 0.306 e. The van der Waals surface area contributed by atoms with E-state index in [-0.39, 0.29) is 23.8 Å². The Balaban J connectivity index is 1.97. The third-order valence-electron chi connectivity index (χ3n) is 4.33. The van der Waals surface area contributed by atoms with E-state index in [0.29, 0.717) is 19.4 Å². The van der Waals surface area contributed by atoms with Gasteiger partial charge in [-0.25, -0.2) is 4.98 Å². The third kappa shape index (κ3) is 4.29. The lowest BCUT2D eigenvalue weighted by atomic mass is 9.80. The van der Waals surface area contributed by atoms with Crippen LogP contribution in [0.5, 0.6) is 0 Å². The summed E-state index contributed by atoms with van der Waals surface area (Å²) in [5.74, 6) is -1.17. The number of amides is 1. The third-order valence-corrected chi connectivity index (χ3v) is 5.17. The maximum atomic E-state index is 12.8. The fourth-order valence-corrected chi connectivity index (χ4v) is 3.70.